The molecule has 1 aromatic carbocycles. The average molecular weight is 301 g/mol. The molecule has 1 aliphatic carbocycles. The quantitative estimate of drug-likeness (QED) is 0.739. The first-order chi connectivity index (χ1) is 10.3. The molecular formula is C19H27NS. The van der Waals surface area contributed by atoms with Gasteiger partial charge in [-0.15, -0.1) is 11.3 Å². The zero-order chi connectivity index (χ0) is 14.7. The number of rotatable bonds is 5. The van der Waals surface area contributed by atoms with E-state index in [1.54, 1.807) is 5.56 Å². The zero-order valence-corrected chi connectivity index (χ0v) is 14.1. The van der Waals surface area contributed by atoms with Gasteiger partial charge in [-0.2, -0.15) is 0 Å². The van der Waals surface area contributed by atoms with Gasteiger partial charge in [0.05, 0.1) is 0 Å². The SMILES string of the molecule is CCNC(c1csc2ccccc12)C1CCCC(CC)C1. The number of fused-ring (bicyclic) bond motifs is 1. The van der Waals surface area contributed by atoms with Crippen LogP contribution in [0.25, 0.3) is 10.1 Å². The second-order valence-electron chi connectivity index (χ2n) is 6.42. The molecule has 2 aromatic rings. The van der Waals surface area contributed by atoms with Crippen molar-refractivity contribution in [2.45, 2.75) is 52.0 Å². The molecule has 0 aliphatic heterocycles. The van der Waals surface area contributed by atoms with Gasteiger partial charge in [0.15, 0.2) is 0 Å². The summed E-state index contributed by atoms with van der Waals surface area (Å²) in [6, 6.07) is 9.42. The van der Waals surface area contributed by atoms with Gasteiger partial charge < -0.3 is 5.32 Å². The van der Waals surface area contributed by atoms with Gasteiger partial charge in [0.25, 0.3) is 0 Å². The van der Waals surface area contributed by atoms with E-state index in [0.717, 1.165) is 18.4 Å². The van der Waals surface area contributed by atoms with E-state index < -0.39 is 0 Å². The Morgan fingerprint density at radius 3 is 2.90 bits per heavy atom. The van der Waals surface area contributed by atoms with Crippen molar-refractivity contribution in [2.24, 2.45) is 11.8 Å². The lowest BCUT2D eigenvalue weighted by Crippen LogP contribution is -2.31. The lowest BCUT2D eigenvalue weighted by atomic mass is 9.75. The molecule has 0 spiro atoms. The molecule has 1 heterocycles. The van der Waals surface area contributed by atoms with Gasteiger partial charge >= 0.3 is 0 Å². The van der Waals surface area contributed by atoms with Crippen molar-refractivity contribution in [2.75, 3.05) is 6.54 Å². The first-order valence-corrected chi connectivity index (χ1v) is 9.41. The Bertz CT molecular complexity index is 574. The molecule has 1 N–H and O–H groups in total. The summed E-state index contributed by atoms with van der Waals surface area (Å²) in [5.41, 5.74) is 1.54. The predicted molar refractivity (Wildman–Crippen MR) is 94.0 cm³/mol. The third-order valence-corrected chi connectivity index (χ3v) is 6.12. The Balaban J connectivity index is 1.90. The van der Waals surface area contributed by atoms with Crippen molar-refractivity contribution in [3.05, 3.63) is 35.2 Å². The van der Waals surface area contributed by atoms with Gasteiger partial charge in [-0.1, -0.05) is 51.3 Å². The summed E-state index contributed by atoms with van der Waals surface area (Å²) in [6.45, 7) is 5.65. The van der Waals surface area contributed by atoms with Crippen LogP contribution in [-0.4, -0.2) is 6.54 Å². The van der Waals surface area contributed by atoms with Crippen LogP contribution in [0, 0.1) is 11.8 Å². The van der Waals surface area contributed by atoms with Crippen molar-refractivity contribution >= 4 is 21.4 Å². The summed E-state index contributed by atoms with van der Waals surface area (Å²) in [4.78, 5) is 0. The Hall–Kier alpha value is -0.860. The number of hydrogen-bond donors (Lipinski definition) is 1. The lowest BCUT2D eigenvalue weighted by molar-refractivity contribution is 0.211. The lowest BCUT2D eigenvalue weighted by Gasteiger charge is -2.35. The first-order valence-electron chi connectivity index (χ1n) is 8.53. The Morgan fingerprint density at radius 1 is 1.24 bits per heavy atom. The van der Waals surface area contributed by atoms with Crippen molar-refractivity contribution in [3.8, 4) is 0 Å². The minimum Gasteiger partial charge on any atom is -0.310 e. The number of nitrogens with one attached hydrogen (secondary N) is 1. The van der Waals surface area contributed by atoms with E-state index in [-0.39, 0.29) is 0 Å². The molecular weight excluding hydrogens is 274 g/mol. The maximum Gasteiger partial charge on any atom is 0.0363 e. The van der Waals surface area contributed by atoms with Crippen LogP contribution in [-0.2, 0) is 0 Å². The molecule has 0 bridgehead atoms. The largest absolute Gasteiger partial charge is 0.310 e. The van der Waals surface area contributed by atoms with E-state index in [1.807, 2.05) is 11.3 Å². The summed E-state index contributed by atoms with van der Waals surface area (Å²) in [7, 11) is 0. The van der Waals surface area contributed by atoms with E-state index in [2.05, 4.69) is 48.8 Å². The molecule has 1 saturated carbocycles. The topological polar surface area (TPSA) is 12.0 Å². The van der Waals surface area contributed by atoms with Crippen LogP contribution in [0.1, 0.15) is 57.6 Å². The molecule has 1 fully saturated rings. The average Bonchev–Trinajstić information content (AvgIpc) is 2.96. The first kappa shape index (κ1) is 15.1. The highest BCUT2D eigenvalue weighted by Crippen LogP contribution is 2.41. The molecule has 3 rings (SSSR count). The van der Waals surface area contributed by atoms with Crippen molar-refractivity contribution in [1.82, 2.24) is 5.32 Å². The molecule has 0 saturated heterocycles. The van der Waals surface area contributed by atoms with Crippen LogP contribution in [0.5, 0.6) is 0 Å². The molecule has 3 atom stereocenters. The minimum atomic E-state index is 0.542. The highest BCUT2D eigenvalue weighted by Gasteiger charge is 2.29. The Morgan fingerprint density at radius 2 is 2.10 bits per heavy atom. The van der Waals surface area contributed by atoms with Gasteiger partial charge in [-0.05, 0) is 53.6 Å². The monoisotopic (exact) mass is 301 g/mol. The summed E-state index contributed by atoms with van der Waals surface area (Å²) < 4.78 is 1.43. The molecule has 3 unspecified atom stereocenters. The van der Waals surface area contributed by atoms with E-state index in [0.29, 0.717) is 6.04 Å². The van der Waals surface area contributed by atoms with Crippen LogP contribution < -0.4 is 5.32 Å². The summed E-state index contributed by atoms with van der Waals surface area (Å²) >= 11 is 1.90. The van der Waals surface area contributed by atoms with Crippen LogP contribution in [0.2, 0.25) is 0 Å². The normalized spacial score (nSPS) is 24.3. The fourth-order valence-electron chi connectivity index (χ4n) is 4.00. The number of thiophene rings is 1. The Labute approximate surface area is 132 Å². The molecule has 2 heteroatoms. The predicted octanol–water partition coefficient (Wildman–Crippen LogP) is 5.77. The maximum absolute atomic E-state index is 3.80. The van der Waals surface area contributed by atoms with Crippen molar-refractivity contribution < 1.29 is 0 Å². The second kappa shape index (κ2) is 6.93. The third kappa shape index (κ3) is 3.17. The third-order valence-electron chi connectivity index (χ3n) is 5.14. The number of hydrogen-bond acceptors (Lipinski definition) is 2. The molecule has 1 aliphatic rings. The standard InChI is InChI=1S/C19H27NS/c1-3-14-8-7-9-15(12-14)19(20-4-2)17-13-21-18-11-6-5-10-16(17)18/h5-6,10-11,13-15,19-20H,3-4,7-9,12H2,1-2H3. The maximum atomic E-state index is 3.80. The molecule has 1 nitrogen and oxygen atoms in total. The van der Waals surface area contributed by atoms with E-state index in [9.17, 15) is 0 Å². The highest BCUT2D eigenvalue weighted by atomic mass is 32.1. The molecule has 21 heavy (non-hydrogen) atoms. The van der Waals surface area contributed by atoms with Crippen LogP contribution in [0.3, 0.4) is 0 Å². The Kier molecular flexibility index (Phi) is 4.97. The molecule has 114 valence electrons. The van der Waals surface area contributed by atoms with E-state index in [1.165, 1.54) is 42.2 Å². The highest BCUT2D eigenvalue weighted by molar-refractivity contribution is 7.17. The van der Waals surface area contributed by atoms with Crippen LogP contribution in [0.15, 0.2) is 29.6 Å². The van der Waals surface area contributed by atoms with E-state index >= 15 is 0 Å². The molecule has 0 amide bonds. The van der Waals surface area contributed by atoms with Gasteiger partial charge in [-0.25, -0.2) is 0 Å². The van der Waals surface area contributed by atoms with Crippen LogP contribution >= 0.6 is 11.3 Å². The van der Waals surface area contributed by atoms with Gasteiger partial charge in [0.2, 0.25) is 0 Å². The van der Waals surface area contributed by atoms with Crippen molar-refractivity contribution in [3.63, 3.8) is 0 Å². The number of benzene rings is 1. The summed E-state index contributed by atoms with van der Waals surface area (Å²) in [5.74, 6) is 1.75. The summed E-state index contributed by atoms with van der Waals surface area (Å²) in [5, 5.41) is 7.66. The fourth-order valence-corrected chi connectivity index (χ4v) is 4.99. The fraction of sp³-hybridized carbons (Fsp3) is 0.579. The zero-order valence-electron chi connectivity index (χ0n) is 13.3. The smallest absolute Gasteiger partial charge is 0.0363 e. The van der Waals surface area contributed by atoms with Gasteiger partial charge in [0, 0.05) is 10.7 Å². The summed E-state index contributed by atoms with van der Waals surface area (Å²) in [6.07, 6.45) is 6.99. The van der Waals surface area contributed by atoms with Crippen molar-refractivity contribution in [1.29, 1.82) is 0 Å². The van der Waals surface area contributed by atoms with Gasteiger partial charge in [-0.3, -0.25) is 0 Å². The van der Waals surface area contributed by atoms with E-state index in [4.69, 9.17) is 0 Å². The second-order valence-corrected chi connectivity index (χ2v) is 7.33. The molecule has 0 radical (unpaired) electrons. The van der Waals surface area contributed by atoms with Gasteiger partial charge in [0.1, 0.15) is 0 Å². The minimum absolute atomic E-state index is 0.542. The van der Waals surface area contributed by atoms with Crippen LogP contribution in [0.4, 0.5) is 0 Å². The molecule has 1 aromatic heterocycles.